The third-order valence-corrected chi connectivity index (χ3v) is 2.32. The van der Waals surface area contributed by atoms with Gasteiger partial charge in [0.2, 0.25) is 0 Å². The minimum Gasteiger partial charge on any atom is -0.465 e. The molecule has 4 heteroatoms. The van der Waals surface area contributed by atoms with E-state index in [9.17, 15) is 4.79 Å². The molecule has 0 aromatic carbocycles. The third-order valence-electron chi connectivity index (χ3n) is 2.32. The topological polar surface area (TPSA) is 55.6 Å². The molecule has 1 fully saturated rings. The molecule has 0 aromatic heterocycles. The summed E-state index contributed by atoms with van der Waals surface area (Å²) in [5.41, 5.74) is 5.64. The molecular formula is C9H18N2O2. The molecule has 2 N–H and O–H groups in total. The summed E-state index contributed by atoms with van der Waals surface area (Å²) in [7, 11) is 0. The van der Waals surface area contributed by atoms with Crippen LogP contribution in [0.1, 0.15) is 20.3 Å². The quantitative estimate of drug-likeness (QED) is 0.626. The Hall–Kier alpha value is -0.610. The largest absolute Gasteiger partial charge is 0.465 e. The van der Waals surface area contributed by atoms with E-state index in [-0.39, 0.29) is 18.1 Å². The van der Waals surface area contributed by atoms with E-state index >= 15 is 0 Å². The zero-order chi connectivity index (χ0) is 9.84. The zero-order valence-corrected chi connectivity index (χ0v) is 8.32. The van der Waals surface area contributed by atoms with Gasteiger partial charge in [0.1, 0.15) is 6.04 Å². The molecule has 0 radical (unpaired) electrons. The van der Waals surface area contributed by atoms with Gasteiger partial charge in [-0.25, -0.2) is 0 Å². The van der Waals surface area contributed by atoms with Crippen molar-refractivity contribution in [3.8, 4) is 0 Å². The number of nitrogens with zero attached hydrogens (tertiary/aromatic N) is 1. The van der Waals surface area contributed by atoms with E-state index < -0.39 is 0 Å². The first-order valence-corrected chi connectivity index (χ1v) is 4.85. The van der Waals surface area contributed by atoms with Crippen molar-refractivity contribution in [2.75, 3.05) is 19.7 Å². The highest BCUT2D eigenvalue weighted by atomic mass is 16.5. The van der Waals surface area contributed by atoms with E-state index in [0.29, 0.717) is 6.61 Å². The number of nitrogens with two attached hydrogens (primary N) is 1. The van der Waals surface area contributed by atoms with Crippen molar-refractivity contribution >= 4 is 5.97 Å². The second-order valence-corrected chi connectivity index (χ2v) is 3.39. The van der Waals surface area contributed by atoms with Crippen LogP contribution in [-0.4, -0.2) is 42.6 Å². The molecule has 1 atom stereocenters. The van der Waals surface area contributed by atoms with Gasteiger partial charge in [0.15, 0.2) is 0 Å². The smallest absolute Gasteiger partial charge is 0.323 e. The Bertz CT molecular complexity index is 178. The number of esters is 1. The standard InChI is InChI=1S/C9H18N2O2/c1-3-8(9(12)13-4-2)11-5-7(10)6-11/h7-8H,3-6,10H2,1-2H3. The van der Waals surface area contributed by atoms with Crippen molar-refractivity contribution in [1.82, 2.24) is 4.90 Å². The highest BCUT2D eigenvalue weighted by molar-refractivity contribution is 5.75. The minimum absolute atomic E-state index is 0.0836. The SMILES string of the molecule is CCOC(=O)C(CC)N1CC(N)C1. The lowest BCUT2D eigenvalue weighted by molar-refractivity contribution is -0.151. The third kappa shape index (κ3) is 2.42. The maximum atomic E-state index is 11.4. The van der Waals surface area contributed by atoms with Crippen molar-refractivity contribution in [3.63, 3.8) is 0 Å². The van der Waals surface area contributed by atoms with Gasteiger partial charge >= 0.3 is 5.97 Å². The van der Waals surface area contributed by atoms with Crippen LogP contribution in [0.5, 0.6) is 0 Å². The molecule has 1 saturated heterocycles. The maximum Gasteiger partial charge on any atom is 0.323 e. The van der Waals surface area contributed by atoms with E-state index in [1.54, 1.807) is 0 Å². The van der Waals surface area contributed by atoms with Gasteiger partial charge in [-0.05, 0) is 13.3 Å². The first-order chi connectivity index (χ1) is 6.19. The lowest BCUT2D eigenvalue weighted by Crippen LogP contribution is -2.61. The summed E-state index contributed by atoms with van der Waals surface area (Å²) in [5.74, 6) is -0.114. The Kier molecular flexibility index (Phi) is 3.69. The summed E-state index contributed by atoms with van der Waals surface area (Å²) < 4.78 is 4.97. The Morgan fingerprint density at radius 2 is 2.23 bits per heavy atom. The van der Waals surface area contributed by atoms with Crippen molar-refractivity contribution in [2.24, 2.45) is 5.73 Å². The number of carbonyl (C=O) groups excluding carboxylic acids is 1. The first kappa shape index (κ1) is 10.5. The highest BCUT2D eigenvalue weighted by Crippen LogP contribution is 2.14. The highest BCUT2D eigenvalue weighted by Gasteiger charge is 2.33. The van der Waals surface area contributed by atoms with Gasteiger partial charge in [0.25, 0.3) is 0 Å². The lowest BCUT2D eigenvalue weighted by atomic mass is 10.0. The molecule has 1 unspecified atom stereocenters. The van der Waals surface area contributed by atoms with E-state index in [1.807, 2.05) is 13.8 Å². The predicted octanol–water partition coefficient (Wildman–Crippen LogP) is -0.0290. The Balaban J connectivity index is 2.38. The second kappa shape index (κ2) is 4.58. The predicted molar refractivity (Wildman–Crippen MR) is 50.3 cm³/mol. The van der Waals surface area contributed by atoms with E-state index in [1.165, 1.54) is 0 Å². The van der Waals surface area contributed by atoms with Gasteiger partial charge in [0.05, 0.1) is 6.61 Å². The van der Waals surface area contributed by atoms with Crippen LogP contribution in [0.2, 0.25) is 0 Å². The van der Waals surface area contributed by atoms with E-state index in [4.69, 9.17) is 10.5 Å². The summed E-state index contributed by atoms with van der Waals surface area (Å²) in [6, 6.07) is 0.156. The number of rotatable bonds is 4. The zero-order valence-electron chi connectivity index (χ0n) is 8.32. The van der Waals surface area contributed by atoms with Crippen LogP contribution in [0, 0.1) is 0 Å². The van der Waals surface area contributed by atoms with Crippen LogP contribution < -0.4 is 5.73 Å². The molecule has 1 aliphatic rings. The molecule has 0 bridgehead atoms. The normalized spacial score (nSPS) is 20.8. The fourth-order valence-electron chi connectivity index (χ4n) is 1.62. The summed E-state index contributed by atoms with van der Waals surface area (Å²) in [6.07, 6.45) is 0.797. The number of hydrogen-bond donors (Lipinski definition) is 1. The second-order valence-electron chi connectivity index (χ2n) is 3.39. The summed E-state index contributed by atoms with van der Waals surface area (Å²) >= 11 is 0. The van der Waals surface area contributed by atoms with Crippen LogP contribution in [0.4, 0.5) is 0 Å². The lowest BCUT2D eigenvalue weighted by Gasteiger charge is -2.40. The average Bonchev–Trinajstić information content (AvgIpc) is 2.03. The fraction of sp³-hybridized carbons (Fsp3) is 0.889. The van der Waals surface area contributed by atoms with E-state index in [0.717, 1.165) is 19.5 Å². The molecule has 13 heavy (non-hydrogen) atoms. The van der Waals surface area contributed by atoms with Gasteiger partial charge < -0.3 is 10.5 Å². The molecule has 4 nitrogen and oxygen atoms in total. The minimum atomic E-state index is -0.114. The summed E-state index contributed by atoms with van der Waals surface area (Å²) in [6.45, 7) is 5.90. The molecular weight excluding hydrogens is 168 g/mol. The number of carbonyl (C=O) groups is 1. The Morgan fingerprint density at radius 3 is 2.62 bits per heavy atom. The van der Waals surface area contributed by atoms with Gasteiger partial charge in [-0.1, -0.05) is 6.92 Å². The average molecular weight is 186 g/mol. The Labute approximate surface area is 79.0 Å². The van der Waals surface area contributed by atoms with Crippen molar-refractivity contribution in [3.05, 3.63) is 0 Å². The number of likely N-dealkylation sites (tertiary alicyclic amines) is 1. The molecule has 0 aromatic rings. The fourth-order valence-corrected chi connectivity index (χ4v) is 1.62. The van der Waals surface area contributed by atoms with Crippen molar-refractivity contribution in [2.45, 2.75) is 32.4 Å². The monoisotopic (exact) mass is 186 g/mol. The van der Waals surface area contributed by atoms with Crippen LogP contribution in [0.3, 0.4) is 0 Å². The van der Waals surface area contributed by atoms with Gasteiger partial charge in [0, 0.05) is 19.1 Å². The van der Waals surface area contributed by atoms with Crippen molar-refractivity contribution in [1.29, 1.82) is 0 Å². The van der Waals surface area contributed by atoms with Gasteiger partial charge in [-0.2, -0.15) is 0 Å². The molecule has 0 saturated carbocycles. The molecule has 1 rings (SSSR count). The molecule has 0 amide bonds. The molecule has 0 aliphatic carbocycles. The maximum absolute atomic E-state index is 11.4. The molecule has 1 heterocycles. The number of ether oxygens (including phenoxy) is 1. The van der Waals surface area contributed by atoms with Crippen LogP contribution in [-0.2, 0) is 9.53 Å². The molecule has 0 spiro atoms. The molecule has 76 valence electrons. The number of hydrogen-bond acceptors (Lipinski definition) is 4. The molecule has 1 aliphatic heterocycles. The van der Waals surface area contributed by atoms with Crippen LogP contribution >= 0.6 is 0 Å². The van der Waals surface area contributed by atoms with Crippen LogP contribution in [0.15, 0.2) is 0 Å². The van der Waals surface area contributed by atoms with Crippen molar-refractivity contribution < 1.29 is 9.53 Å². The van der Waals surface area contributed by atoms with E-state index in [2.05, 4.69) is 4.90 Å². The van der Waals surface area contributed by atoms with Gasteiger partial charge in [-0.15, -0.1) is 0 Å². The Morgan fingerprint density at radius 1 is 1.62 bits per heavy atom. The first-order valence-electron chi connectivity index (χ1n) is 4.85. The van der Waals surface area contributed by atoms with Gasteiger partial charge in [-0.3, -0.25) is 9.69 Å². The summed E-state index contributed by atoms with van der Waals surface area (Å²) in [5, 5.41) is 0. The van der Waals surface area contributed by atoms with Crippen LogP contribution in [0.25, 0.3) is 0 Å². The summed E-state index contributed by atoms with van der Waals surface area (Å²) in [4.78, 5) is 13.5.